The van der Waals surface area contributed by atoms with Gasteiger partial charge in [0.15, 0.2) is 11.5 Å². The van der Waals surface area contributed by atoms with E-state index in [1.54, 1.807) is 13.2 Å². The lowest BCUT2D eigenvalue weighted by Crippen LogP contribution is -2.31. The Morgan fingerprint density at radius 1 is 1.47 bits per heavy atom. The van der Waals surface area contributed by atoms with E-state index < -0.39 is 0 Å². The van der Waals surface area contributed by atoms with Gasteiger partial charge in [0.2, 0.25) is 0 Å². The quantitative estimate of drug-likeness (QED) is 0.719. The number of aliphatic hydroxyl groups is 1. The standard InChI is InChI=1S/C14H20BrNO3/c1-19-14-6-10(11(15)7-13(14)18)8-16-12(4-5-17)9-2-3-9/h6-7,9,12,16-18H,2-5,8H2,1H3. The van der Waals surface area contributed by atoms with Crippen LogP contribution in [0.1, 0.15) is 24.8 Å². The Balaban J connectivity index is 2.01. The van der Waals surface area contributed by atoms with Crippen molar-refractivity contribution in [1.29, 1.82) is 0 Å². The minimum atomic E-state index is 0.132. The van der Waals surface area contributed by atoms with Crippen LogP contribution < -0.4 is 10.1 Å². The van der Waals surface area contributed by atoms with Crippen LogP contribution in [0, 0.1) is 5.92 Å². The summed E-state index contributed by atoms with van der Waals surface area (Å²) in [6.07, 6.45) is 3.28. The molecule has 3 N–H and O–H groups in total. The first-order chi connectivity index (χ1) is 9.15. The highest BCUT2D eigenvalue weighted by molar-refractivity contribution is 9.10. The second-order valence-electron chi connectivity index (χ2n) is 4.95. The molecule has 0 heterocycles. The first-order valence-corrected chi connectivity index (χ1v) is 7.34. The molecule has 1 saturated carbocycles. The predicted molar refractivity (Wildman–Crippen MR) is 77.4 cm³/mol. The van der Waals surface area contributed by atoms with Gasteiger partial charge in [0, 0.05) is 23.7 Å². The zero-order valence-corrected chi connectivity index (χ0v) is 12.6. The average Bonchev–Trinajstić information content (AvgIpc) is 3.20. The summed E-state index contributed by atoms with van der Waals surface area (Å²) in [6, 6.07) is 3.85. The van der Waals surface area contributed by atoms with Gasteiger partial charge in [-0.25, -0.2) is 0 Å². The summed E-state index contributed by atoms with van der Waals surface area (Å²) in [4.78, 5) is 0. The van der Waals surface area contributed by atoms with Crippen molar-refractivity contribution in [2.24, 2.45) is 5.92 Å². The average molecular weight is 330 g/mol. The van der Waals surface area contributed by atoms with Gasteiger partial charge >= 0.3 is 0 Å². The van der Waals surface area contributed by atoms with E-state index in [0.717, 1.165) is 16.5 Å². The second-order valence-corrected chi connectivity index (χ2v) is 5.81. The first kappa shape index (κ1) is 14.6. The number of aliphatic hydroxyl groups excluding tert-OH is 1. The molecular weight excluding hydrogens is 310 g/mol. The monoisotopic (exact) mass is 329 g/mol. The third-order valence-corrected chi connectivity index (χ3v) is 4.27. The summed E-state index contributed by atoms with van der Waals surface area (Å²) in [6.45, 7) is 0.909. The molecule has 0 radical (unpaired) electrons. The van der Waals surface area contributed by atoms with Gasteiger partial charge in [0.1, 0.15) is 0 Å². The first-order valence-electron chi connectivity index (χ1n) is 6.55. The third-order valence-electron chi connectivity index (χ3n) is 3.53. The Morgan fingerprint density at radius 2 is 2.21 bits per heavy atom. The lowest BCUT2D eigenvalue weighted by molar-refractivity contribution is 0.255. The summed E-state index contributed by atoms with van der Waals surface area (Å²) >= 11 is 3.45. The van der Waals surface area contributed by atoms with Crippen molar-refractivity contribution in [3.63, 3.8) is 0 Å². The maximum absolute atomic E-state index is 9.67. The summed E-state index contributed by atoms with van der Waals surface area (Å²) in [5.74, 6) is 1.31. The van der Waals surface area contributed by atoms with Gasteiger partial charge in [-0.15, -0.1) is 0 Å². The molecule has 0 spiro atoms. The lowest BCUT2D eigenvalue weighted by atomic mass is 10.1. The largest absolute Gasteiger partial charge is 0.504 e. The molecule has 0 bridgehead atoms. The number of methoxy groups -OCH3 is 1. The number of nitrogens with one attached hydrogen (secondary N) is 1. The molecule has 106 valence electrons. The van der Waals surface area contributed by atoms with Crippen molar-refractivity contribution in [2.75, 3.05) is 13.7 Å². The Morgan fingerprint density at radius 3 is 2.79 bits per heavy atom. The van der Waals surface area contributed by atoms with Crippen LogP contribution in [-0.2, 0) is 6.54 Å². The molecule has 1 aromatic rings. The molecule has 19 heavy (non-hydrogen) atoms. The normalized spacial score (nSPS) is 16.4. The fraction of sp³-hybridized carbons (Fsp3) is 0.571. The molecule has 2 rings (SSSR count). The SMILES string of the molecule is COc1cc(CNC(CCO)C2CC2)c(Br)cc1O. The van der Waals surface area contributed by atoms with Crippen LogP contribution in [-0.4, -0.2) is 30.0 Å². The van der Waals surface area contributed by atoms with Crippen LogP contribution in [0.4, 0.5) is 0 Å². The Labute approximate surface area is 121 Å². The Hall–Kier alpha value is -0.780. The molecule has 1 unspecified atom stereocenters. The van der Waals surface area contributed by atoms with E-state index in [4.69, 9.17) is 9.84 Å². The number of rotatable bonds is 7. The molecule has 1 fully saturated rings. The molecule has 0 saturated heterocycles. The number of phenolic OH excluding ortho intramolecular Hbond substituents is 1. The fourth-order valence-corrected chi connectivity index (χ4v) is 2.74. The second kappa shape index (κ2) is 6.59. The number of aromatic hydroxyl groups is 1. The summed E-state index contributed by atoms with van der Waals surface area (Å²) < 4.78 is 5.97. The number of hydrogen-bond acceptors (Lipinski definition) is 4. The van der Waals surface area contributed by atoms with Crippen LogP contribution in [0.25, 0.3) is 0 Å². The molecule has 1 aliphatic carbocycles. The van der Waals surface area contributed by atoms with Gasteiger partial charge in [-0.1, -0.05) is 15.9 Å². The van der Waals surface area contributed by atoms with Gasteiger partial charge in [-0.2, -0.15) is 0 Å². The topological polar surface area (TPSA) is 61.7 Å². The maximum atomic E-state index is 9.67. The maximum Gasteiger partial charge on any atom is 0.160 e. The number of hydrogen-bond donors (Lipinski definition) is 3. The Bertz CT molecular complexity index is 435. The molecule has 0 amide bonds. The van der Waals surface area contributed by atoms with E-state index in [-0.39, 0.29) is 12.4 Å². The smallest absolute Gasteiger partial charge is 0.160 e. The highest BCUT2D eigenvalue weighted by Crippen LogP contribution is 2.35. The van der Waals surface area contributed by atoms with E-state index in [2.05, 4.69) is 21.2 Å². The summed E-state index contributed by atoms with van der Waals surface area (Å²) in [7, 11) is 1.54. The van der Waals surface area contributed by atoms with Crippen molar-refractivity contribution >= 4 is 15.9 Å². The van der Waals surface area contributed by atoms with Crippen molar-refractivity contribution in [1.82, 2.24) is 5.32 Å². The third kappa shape index (κ3) is 3.84. The summed E-state index contributed by atoms with van der Waals surface area (Å²) in [5, 5.41) is 22.2. The molecule has 1 aromatic carbocycles. The molecular formula is C14H20BrNO3. The van der Waals surface area contributed by atoms with Gasteiger partial charge in [0.05, 0.1) is 7.11 Å². The molecule has 1 aliphatic rings. The highest BCUT2D eigenvalue weighted by atomic mass is 79.9. The van der Waals surface area contributed by atoms with Gasteiger partial charge in [0.25, 0.3) is 0 Å². The minimum Gasteiger partial charge on any atom is -0.504 e. The van der Waals surface area contributed by atoms with E-state index in [9.17, 15) is 5.11 Å². The number of benzene rings is 1. The van der Waals surface area contributed by atoms with Crippen LogP contribution in [0.5, 0.6) is 11.5 Å². The molecule has 0 aromatic heterocycles. The van der Waals surface area contributed by atoms with E-state index in [1.807, 2.05) is 6.07 Å². The lowest BCUT2D eigenvalue weighted by Gasteiger charge is -2.18. The van der Waals surface area contributed by atoms with Gasteiger partial charge in [-0.3, -0.25) is 0 Å². The van der Waals surface area contributed by atoms with Crippen molar-refractivity contribution in [3.05, 3.63) is 22.2 Å². The van der Waals surface area contributed by atoms with Crippen LogP contribution in [0.3, 0.4) is 0 Å². The van der Waals surface area contributed by atoms with Crippen molar-refractivity contribution in [2.45, 2.75) is 31.8 Å². The molecule has 4 nitrogen and oxygen atoms in total. The van der Waals surface area contributed by atoms with E-state index in [0.29, 0.717) is 24.3 Å². The van der Waals surface area contributed by atoms with Crippen molar-refractivity contribution < 1.29 is 14.9 Å². The number of ether oxygens (including phenoxy) is 1. The molecule has 5 heteroatoms. The zero-order chi connectivity index (χ0) is 13.8. The van der Waals surface area contributed by atoms with Crippen LogP contribution in [0.2, 0.25) is 0 Å². The number of phenols is 1. The minimum absolute atomic E-state index is 0.132. The van der Waals surface area contributed by atoms with Crippen LogP contribution in [0.15, 0.2) is 16.6 Å². The van der Waals surface area contributed by atoms with Crippen molar-refractivity contribution in [3.8, 4) is 11.5 Å². The van der Waals surface area contributed by atoms with Gasteiger partial charge < -0.3 is 20.3 Å². The summed E-state index contributed by atoms with van der Waals surface area (Å²) in [5.41, 5.74) is 1.04. The predicted octanol–water partition coefficient (Wildman–Crippen LogP) is 2.41. The van der Waals surface area contributed by atoms with Crippen LogP contribution >= 0.6 is 15.9 Å². The zero-order valence-electron chi connectivity index (χ0n) is 11.0. The fourth-order valence-electron chi connectivity index (χ4n) is 2.27. The van der Waals surface area contributed by atoms with E-state index >= 15 is 0 Å². The molecule has 0 aliphatic heterocycles. The highest BCUT2D eigenvalue weighted by Gasteiger charge is 2.30. The van der Waals surface area contributed by atoms with E-state index in [1.165, 1.54) is 12.8 Å². The Kier molecular flexibility index (Phi) is 5.07. The number of halogens is 1. The molecule has 1 atom stereocenters. The van der Waals surface area contributed by atoms with Gasteiger partial charge in [-0.05, 0) is 42.9 Å².